The van der Waals surface area contributed by atoms with E-state index in [1.54, 1.807) is 0 Å². The molecule has 1 fully saturated rings. The first-order chi connectivity index (χ1) is 15.3. The zero-order valence-corrected chi connectivity index (χ0v) is 19.8. The molecule has 3 heteroatoms. The molecule has 31 heavy (non-hydrogen) atoms. The zero-order chi connectivity index (χ0) is 21.7. The highest BCUT2D eigenvalue weighted by Crippen LogP contribution is 2.33. The predicted octanol–water partition coefficient (Wildman–Crippen LogP) is 8.03. The van der Waals surface area contributed by atoms with Gasteiger partial charge in [-0.3, -0.25) is 0 Å². The van der Waals surface area contributed by atoms with E-state index in [9.17, 15) is 0 Å². The third-order valence-corrected chi connectivity index (χ3v) is 6.96. The minimum Gasteiger partial charge on any atom is -0.494 e. The van der Waals surface area contributed by atoms with E-state index in [1.807, 2.05) is 24.5 Å². The molecule has 0 bridgehead atoms. The summed E-state index contributed by atoms with van der Waals surface area (Å²) < 4.78 is 5.98. The van der Waals surface area contributed by atoms with E-state index in [-0.39, 0.29) is 0 Å². The Morgan fingerprint density at radius 3 is 2.16 bits per heavy atom. The monoisotopic (exact) mass is 422 g/mol. The minimum atomic E-state index is 0.795. The highest BCUT2D eigenvalue weighted by atomic mass is 16.5. The summed E-state index contributed by atoms with van der Waals surface area (Å²) in [6, 6.07) is 8.24. The number of hydrogen-bond acceptors (Lipinski definition) is 3. The molecule has 1 saturated carbocycles. The lowest BCUT2D eigenvalue weighted by molar-refractivity contribution is 0.234. The fourth-order valence-corrected chi connectivity index (χ4v) is 4.76. The first-order valence-electron chi connectivity index (χ1n) is 12.8. The number of ether oxygens (including phenoxy) is 1. The van der Waals surface area contributed by atoms with Gasteiger partial charge in [0, 0.05) is 18.0 Å². The molecule has 2 aromatic rings. The van der Waals surface area contributed by atoms with Crippen LogP contribution in [-0.4, -0.2) is 16.6 Å². The van der Waals surface area contributed by atoms with Gasteiger partial charge in [-0.15, -0.1) is 0 Å². The lowest BCUT2D eigenvalue weighted by atomic mass is 9.79. The summed E-state index contributed by atoms with van der Waals surface area (Å²) in [4.78, 5) is 9.16. The quantitative estimate of drug-likeness (QED) is 0.306. The van der Waals surface area contributed by atoms with Crippen LogP contribution in [0.1, 0.15) is 96.5 Å². The van der Waals surface area contributed by atoms with Crippen molar-refractivity contribution in [2.45, 2.75) is 97.3 Å². The van der Waals surface area contributed by atoms with Gasteiger partial charge in [0.15, 0.2) is 5.82 Å². The summed E-state index contributed by atoms with van der Waals surface area (Å²) in [6.45, 7) is 5.41. The standard InChI is InChI=1S/C28H42N2O/c1-3-5-6-7-8-10-25-21-29-28(30-22-25)26-16-18-27(19-17-26)31-20-9-11-24-14-12-23(4-2)13-15-24/h16-19,21-24H,3-15,20H2,1-2H3/t23-,24-. The van der Waals surface area contributed by atoms with Crippen molar-refractivity contribution in [1.29, 1.82) is 0 Å². The maximum Gasteiger partial charge on any atom is 0.159 e. The first-order valence-corrected chi connectivity index (χ1v) is 12.8. The summed E-state index contributed by atoms with van der Waals surface area (Å²) >= 11 is 0. The average Bonchev–Trinajstić information content (AvgIpc) is 2.83. The molecule has 0 radical (unpaired) electrons. The molecule has 170 valence electrons. The van der Waals surface area contributed by atoms with E-state index in [2.05, 4.69) is 35.9 Å². The summed E-state index contributed by atoms with van der Waals surface area (Å²) in [5.41, 5.74) is 2.29. The lowest BCUT2D eigenvalue weighted by Gasteiger charge is -2.27. The molecule has 1 heterocycles. The molecule has 0 spiro atoms. The molecule has 0 saturated heterocycles. The highest BCUT2D eigenvalue weighted by Gasteiger charge is 2.19. The Labute approximate surface area is 190 Å². The third-order valence-electron chi connectivity index (χ3n) is 6.96. The molecule has 0 N–H and O–H groups in total. The van der Waals surface area contributed by atoms with Crippen LogP contribution in [0.2, 0.25) is 0 Å². The Balaban J connectivity index is 1.36. The molecular weight excluding hydrogens is 380 g/mol. The largest absolute Gasteiger partial charge is 0.494 e. The van der Waals surface area contributed by atoms with Crippen molar-refractivity contribution < 1.29 is 4.74 Å². The van der Waals surface area contributed by atoms with Gasteiger partial charge in [-0.05, 0) is 67.3 Å². The van der Waals surface area contributed by atoms with Gasteiger partial charge in [0.05, 0.1) is 6.61 Å². The van der Waals surface area contributed by atoms with Crippen molar-refractivity contribution in [3.8, 4) is 17.1 Å². The summed E-state index contributed by atoms with van der Waals surface area (Å²) in [5, 5.41) is 0. The lowest BCUT2D eigenvalue weighted by Crippen LogP contribution is -2.14. The van der Waals surface area contributed by atoms with Crippen molar-refractivity contribution in [3.05, 3.63) is 42.2 Å². The molecular formula is C28H42N2O. The Hall–Kier alpha value is -1.90. The van der Waals surface area contributed by atoms with Crippen LogP contribution in [0.5, 0.6) is 5.75 Å². The number of unbranched alkanes of at least 4 members (excludes halogenated alkanes) is 4. The van der Waals surface area contributed by atoms with Crippen LogP contribution >= 0.6 is 0 Å². The maximum absolute atomic E-state index is 5.98. The second kappa shape index (κ2) is 13.5. The van der Waals surface area contributed by atoms with E-state index in [1.165, 1.54) is 76.2 Å². The van der Waals surface area contributed by atoms with Gasteiger partial charge in [0.2, 0.25) is 0 Å². The molecule has 1 aliphatic rings. The number of aromatic nitrogens is 2. The van der Waals surface area contributed by atoms with Crippen molar-refractivity contribution in [2.75, 3.05) is 6.61 Å². The fourth-order valence-electron chi connectivity index (χ4n) is 4.76. The van der Waals surface area contributed by atoms with E-state index >= 15 is 0 Å². The second-order valence-electron chi connectivity index (χ2n) is 9.39. The summed E-state index contributed by atoms with van der Waals surface area (Å²) in [6.07, 6.45) is 21.1. The van der Waals surface area contributed by atoms with Crippen LogP contribution < -0.4 is 4.74 Å². The number of benzene rings is 1. The smallest absolute Gasteiger partial charge is 0.159 e. The zero-order valence-electron chi connectivity index (χ0n) is 19.8. The fraction of sp³-hybridized carbons (Fsp3) is 0.643. The molecule has 1 aromatic heterocycles. The number of hydrogen-bond donors (Lipinski definition) is 0. The Bertz CT molecular complexity index is 718. The van der Waals surface area contributed by atoms with E-state index in [0.29, 0.717) is 0 Å². The van der Waals surface area contributed by atoms with Crippen LogP contribution in [0, 0.1) is 11.8 Å². The Morgan fingerprint density at radius 2 is 1.48 bits per heavy atom. The molecule has 0 amide bonds. The van der Waals surface area contributed by atoms with Gasteiger partial charge in [-0.2, -0.15) is 0 Å². The van der Waals surface area contributed by atoms with Crippen molar-refractivity contribution >= 4 is 0 Å². The van der Waals surface area contributed by atoms with Gasteiger partial charge < -0.3 is 4.74 Å². The molecule has 3 nitrogen and oxygen atoms in total. The van der Waals surface area contributed by atoms with Crippen molar-refractivity contribution in [3.63, 3.8) is 0 Å². The van der Waals surface area contributed by atoms with Gasteiger partial charge in [-0.25, -0.2) is 9.97 Å². The SMILES string of the molecule is CCCCCCCc1cnc(-c2ccc(OCCC[C@H]3CC[C@H](CC)CC3)cc2)nc1. The first kappa shape index (κ1) is 23.8. The van der Waals surface area contributed by atoms with Crippen molar-refractivity contribution in [1.82, 2.24) is 9.97 Å². The normalized spacial score (nSPS) is 18.8. The van der Waals surface area contributed by atoms with Gasteiger partial charge in [-0.1, -0.05) is 71.6 Å². The molecule has 0 atom stereocenters. The number of aryl methyl sites for hydroxylation is 1. The maximum atomic E-state index is 5.98. The van der Waals surface area contributed by atoms with Crippen LogP contribution in [0.15, 0.2) is 36.7 Å². The van der Waals surface area contributed by atoms with E-state index < -0.39 is 0 Å². The van der Waals surface area contributed by atoms with Gasteiger partial charge in [0.25, 0.3) is 0 Å². The average molecular weight is 423 g/mol. The molecule has 1 aliphatic carbocycles. The van der Waals surface area contributed by atoms with Crippen LogP contribution in [0.3, 0.4) is 0 Å². The Kier molecular flexibility index (Phi) is 10.3. The Morgan fingerprint density at radius 1 is 0.806 bits per heavy atom. The van der Waals surface area contributed by atoms with Gasteiger partial charge in [0.1, 0.15) is 5.75 Å². The van der Waals surface area contributed by atoms with Gasteiger partial charge >= 0.3 is 0 Å². The van der Waals surface area contributed by atoms with Crippen LogP contribution in [-0.2, 0) is 6.42 Å². The second-order valence-corrected chi connectivity index (χ2v) is 9.39. The van der Waals surface area contributed by atoms with E-state index in [4.69, 9.17) is 4.74 Å². The molecule has 0 unspecified atom stereocenters. The molecule has 1 aromatic carbocycles. The number of rotatable bonds is 13. The minimum absolute atomic E-state index is 0.795. The van der Waals surface area contributed by atoms with Crippen LogP contribution in [0.4, 0.5) is 0 Å². The molecule has 0 aliphatic heterocycles. The summed E-state index contributed by atoms with van der Waals surface area (Å²) in [7, 11) is 0. The topological polar surface area (TPSA) is 35.0 Å². The summed E-state index contributed by atoms with van der Waals surface area (Å²) in [5.74, 6) is 3.65. The van der Waals surface area contributed by atoms with E-state index in [0.717, 1.165) is 48.4 Å². The molecule has 3 rings (SSSR count). The van der Waals surface area contributed by atoms with Crippen molar-refractivity contribution in [2.24, 2.45) is 11.8 Å². The predicted molar refractivity (Wildman–Crippen MR) is 130 cm³/mol. The third kappa shape index (κ3) is 8.27. The highest BCUT2D eigenvalue weighted by molar-refractivity contribution is 5.55. The number of nitrogens with zero attached hydrogens (tertiary/aromatic N) is 2. The van der Waals surface area contributed by atoms with Crippen LogP contribution in [0.25, 0.3) is 11.4 Å².